The summed E-state index contributed by atoms with van der Waals surface area (Å²) in [4.78, 5) is 10.7. The van der Waals surface area contributed by atoms with Gasteiger partial charge in [-0.2, -0.15) is 5.26 Å². The second-order valence-corrected chi connectivity index (χ2v) is 3.16. The summed E-state index contributed by atoms with van der Waals surface area (Å²) in [6.45, 7) is 4.00. The van der Waals surface area contributed by atoms with Gasteiger partial charge in [-0.05, 0) is 18.2 Å². The van der Waals surface area contributed by atoms with Crippen LogP contribution in [-0.4, -0.2) is 10.9 Å². The first-order valence-corrected chi connectivity index (χ1v) is 5.20. The van der Waals surface area contributed by atoms with Gasteiger partial charge in [-0.3, -0.25) is 4.79 Å². The Bertz CT molecular complexity index is 547. The van der Waals surface area contributed by atoms with Gasteiger partial charge in [0.2, 0.25) is 0 Å². The molecule has 0 atom stereocenters. The summed E-state index contributed by atoms with van der Waals surface area (Å²) in [7, 11) is 1.88. The van der Waals surface area contributed by atoms with Gasteiger partial charge in [0, 0.05) is 29.7 Å². The lowest BCUT2D eigenvalue weighted by Crippen LogP contribution is -1.83. The molecule has 82 valence electrons. The highest BCUT2D eigenvalue weighted by atomic mass is 16.1. The number of fused-ring (bicyclic) bond motifs is 1. The maximum Gasteiger partial charge on any atom is 0.152 e. The number of hydrogen-bond acceptors (Lipinski definition) is 2. The van der Waals surface area contributed by atoms with Crippen molar-refractivity contribution in [3.8, 4) is 6.07 Å². The maximum absolute atomic E-state index is 10.7. The fourth-order valence-electron chi connectivity index (χ4n) is 1.59. The molecule has 2 aromatic rings. The predicted molar refractivity (Wildman–Crippen MR) is 64.4 cm³/mol. The smallest absolute Gasteiger partial charge is 0.152 e. The predicted octanol–water partition coefficient (Wildman–Crippen LogP) is 2.89. The molecule has 0 radical (unpaired) electrons. The third-order valence-electron chi connectivity index (χ3n) is 2.28. The molecule has 0 aliphatic rings. The Morgan fingerprint density at radius 3 is 2.62 bits per heavy atom. The van der Waals surface area contributed by atoms with Gasteiger partial charge < -0.3 is 4.57 Å². The second kappa shape index (κ2) is 5.13. The van der Waals surface area contributed by atoms with Crippen molar-refractivity contribution < 1.29 is 4.79 Å². The van der Waals surface area contributed by atoms with E-state index in [2.05, 4.69) is 6.07 Å². The van der Waals surface area contributed by atoms with Gasteiger partial charge in [0.05, 0.1) is 11.6 Å². The number of carbonyl (C=O) groups is 1. The number of carbonyl (C=O) groups excluding carboxylic acids is 1. The fraction of sp³-hybridized carbons (Fsp3) is 0.231. The van der Waals surface area contributed by atoms with Gasteiger partial charge in [-0.1, -0.05) is 13.8 Å². The lowest BCUT2D eigenvalue weighted by molar-refractivity contribution is 0.112. The van der Waals surface area contributed by atoms with Crippen LogP contribution in [0.25, 0.3) is 10.9 Å². The summed E-state index contributed by atoms with van der Waals surface area (Å²) in [5.41, 5.74) is 2.16. The highest BCUT2D eigenvalue weighted by molar-refractivity contribution is 5.98. The average Bonchev–Trinajstić information content (AvgIpc) is 2.68. The number of aryl methyl sites for hydroxylation is 1. The van der Waals surface area contributed by atoms with Crippen LogP contribution < -0.4 is 0 Å². The van der Waals surface area contributed by atoms with Crippen molar-refractivity contribution in [2.75, 3.05) is 0 Å². The standard InChI is InChI=1S/C11H8N2O.C2H6/c1-13-6-9(7-14)10-4-8(5-12)2-3-11(10)13;1-2/h2-4,6-7H,1H3;1-2H3. The van der Waals surface area contributed by atoms with E-state index in [4.69, 9.17) is 5.26 Å². The molecule has 3 heteroatoms. The molecule has 1 aromatic carbocycles. The van der Waals surface area contributed by atoms with Crippen molar-refractivity contribution >= 4 is 17.2 Å². The minimum absolute atomic E-state index is 0.576. The molecule has 0 fully saturated rings. The van der Waals surface area contributed by atoms with Gasteiger partial charge in [0.15, 0.2) is 6.29 Å². The average molecular weight is 214 g/mol. The van der Waals surface area contributed by atoms with Gasteiger partial charge >= 0.3 is 0 Å². The monoisotopic (exact) mass is 214 g/mol. The van der Waals surface area contributed by atoms with E-state index in [1.807, 2.05) is 31.5 Å². The maximum atomic E-state index is 10.7. The van der Waals surface area contributed by atoms with E-state index in [-0.39, 0.29) is 0 Å². The number of hydrogen-bond donors (Lipinski definition) is 0. The SMILES string of the molecule is CC.Cn1cc(C=O)c2cc(C#N)ccc21. The first-order valence-electron chi connectivity index (χ1n) is 5.20. The number of aromatic nitrogens is 1. The van der Waals surface area contributed by atoms with Crippen molar-refractivity contribution in [1.29, 1.82) is 5.26 Å². The molecule has 16 heavy (non-hydrogen) atoms. The minimum atomic E-state index is 0.576. The quantitative estimate of drug-likeness (QED) is 0.685. The van der Waals surface area contributed by atoms with Crippen LogP contribution in [-0.2, 0) is 7.05 Å². The lowest BCUT2D eigenvalue weighted by Gasteiger charge is -1.95. The molecule has 0 N–H and O–H groups in total. The van der Waals surface area contributed by atoms with E-state index in [0.717, 1.165) is 17.2 Å². The van der Waals surface area contributed by atoms with Crippen LogP contribution in [0.5, 0.6) is 0 Å². The second-order valence-electron chi connectivity index (χ2n) is 3.16. The Kier molecular flexibility index (Phi) is 3.84. The molecule has 0 spiro atoms. The van der Waals surface area contributed by atoms with Gasteiger partial charge in [-0.25, -0.2) is 0 Å². The van der Waals surface area contributed by atoms with E-state index in [1.54, 1.807) is 18.3 Å². The zero-order chi connectivity index (χ0) is 12.1. The number of benzene rings is 1. The van der Waals surface area contributed by atoms with Crippen molar-refractivity contribution in [3.63, 3.8) is 0 Å². The first kappa shape index (κ1) is 12.0. The normalized spacial score (nSPS) is 9.12. The summed E-state index contributed by atoms with van der Waals surface area (Å²) in [6, 6.07) is 7.38. The molecule has 0 unspecified atom stereocenters. The number of nitrogens with zero attached hydrogens (tertiary/aromatic N) is 2. The topological polar surface area (TPSA) is 45.8 Å². The first-order chi connectivity index (χ1) is 7.76. The zero-order valence-corrected chi connectivity index (χ0v) is 9.69. The van der Waals surface area contributed by atoms with Crippen LogP contribution >= 0.6 is 0 Å². The Morgan fingerprint density at radius 1 is 1.38 bits per heavy atom. The molecule has 0 bridgehead atoms. The molecule has 0 aliphatic carbocycles. The summed E-state index contributed by atoms with van der Waals surface area (Å²) < 4.78 is 1.88. The highest BCUT2D eigenvalue weighted by Gasteiger charge is 2.05. The van der Waals surface area contributed by atoms with Crippen LogP contribution in [0.15, 0.2) is 24.4 Å². The van der Waals surface area contributed by atoms with Crippen LogP contribution in [0, 0.1) is 11.3 Å². The number of nitriles is 1. The van der Waals surface area contributed by atoms with E-state index in [1.165, 1.54) is 0 Å². The minimum Gasteiger partial charge on any atom is -0.350 e. The van der Waals surface area contributed by atoms with Crippen molar-refractivity contribution in [2.24, 2.45) is 7.05 Å². The molecule has 1 heterocycles. The zero-order valence-electron chi connectivity index (χ0n) is 9.69. The fourth-order valence-corrected chi connectivity index (χ4v) is 1.59. The summed E-state index contributed by atoms with van der Waals surface area (Å²) >= 11 is 0. The molecule has 1 aromatic heterocycles. The Labute approximate surface area is 94.9 Å². The number of aldehydes is 1. The van der Waals surface area contributed by atoms with Crippen LogP contribution in [0.3, 0.4) is 0 Å². The molecule has 0 saturated heterocycles. The van der Waals surface area contributed by atoms with Crippen LogP contribution in [0.2, 0.25) is 0 Å². The largest absolute Gasteiger partial charge is 0.350 e. The molecule has 0 saturated carbocycles. The molecular weight excluding hydrogens is 200 g/mol. The Morgan fingerprint density at radius 2 is 2.06 bits per heavy atom. The van der Waals surface area contributed by atoms with Crippen molar-refractivity contribution in [2.45, 2.75) is 13.8 Å². The third kappa shape index (κ3) is 1.96. The molecule has 2 rings (SSSR count). The summed E-state index contributed by atoms with van der Waals surface area (Å²) in [5, 5.41) is 9.56. The van der Waals surface area contributed by atoms with Gasteiger partial charge in [0.25, 0.3) is 0 Å². The molecular formula is C13H14N2O. The van der Waals surface area contributed by atoms with E-state index < -0.39 is 0 Å². The van der Waals surface area contributed by atoms with E-state index in [0.29, 0.717) is 11.1 Å². The van der Waals surface area contributed by atoms with Gasteiger partial charge in [0.1, 0.15) is 0 Å². The number of rotatable bonds is 1. The van der Waals surface area contributed by atoms with Crippen molar-refractivity contribution in [1.82, 2.24) is 4.57 Å². The highest BCUT2D eigenvalue weighted by Crippen LogP contribution is 2.20. The summed E-state index contributed by atoms with van der Waals surface area (Å²) in [5.74, 6) is 0. The third-order valence-corrected chi connectivity index (χ3v) is 2.28. The molecule has 0 amide bonds. The van der Waals surface area contributed by atoms with E-state index in [9.17, 15) is 4.79 Å². The molecule has 3 nitrogen and oxygen atoms in total. The lowest BCUT2D eigenvalue weighted by atomic mass is 10.1. The Hall–Kier alpha value is -2.08. The summed E-state index contributed by atoms with van der Waals surface area (Å²) in [6.07, 6.45) is 2.57. The van der Waals surface area contributed by atoms with Crippen LogP contribution in [0.4, 0.5) is 0 Å². The Balaban J connectivity index is 0.000000606. The van der Waals surface area contributed by atoms with E-state index >= 15 is 0 Å². The van der Waals surface area contributed by atoms with Crippen molar-refractivity contribution in [3.05, 3.63) is 35.5 Å². The van der Waals surface area contributed by atoms with Crippen LogP contribution in [0.1, 0.15) is 29.8 Å². The van der Waals surface area contributed by atoms with Gasteiger partial charge in [-0.15, -0.1) is 0 Å². The molecule has 0 aliphatic heterocycles.